The summed E-state index contributed by atoms with van der Waals surface area (Å²) >= 11 is 0. The zero-order valence-electron chi connectivity index (χ0n) is 43.9. The minimum atomic E-state index is -4.36. The van der Waals surface area contributed by atoms with Crippen LogP contribution in [0.5, 0.6) is 0 Å². The van der Waals surface area contributed by atoms with Crippen LogP contribution in [0, 0.1) is 38.5 Å². The van der Waals surface area contributed by atoms with E-state index in [2.05, 4.69) is 10.2 Å². The lowest BCUT2D eigenvalue weighted by atomic mass is 9.80. The number of primary amides is 2. The number of carboxylic acids is 1. The maximum Gasteiger partial charge on any atom is 0.395 e. The second-order valence-electron chi connectivity index (χ2n) is 19.6. The van der Waals surface area contributed by atoms with Gasteiger partial charge in [-0.3, -0.25) is 19.2 Å². The molecule has 0 unspecified atom stereocenters. The molecule has 0 radical (unpaired) electrons. The van der Waals surface area contributed by atoms with Gasteiger partial charge < -0.3 is 37.4 Å². The number of carbonyl (C=O) groups excluding carboxylic acids is 3. The van der Waals surface area contributed by atoms with Gasteiger partial charge in [0.2, 0.25) is 17.7 Å². The van der Waals surface area contributed by atoms with E-state index in [1.54, 1.807) is 72.8 Å². The number of nitrogens with one attached hydrogen (secondary N) is 1. The van der Waals surface area contributed by atoms with Crippen LogP contribution in [-0.2, 0) is 22.4 Å². The summed E-state index contributed by atoms with van der Waals surface area (Å²) in [5.74, 6) is -4.35. The number of aryl methyl sites for hydroxylation is 4. The molecule has 4 aromatic carbocycles. The number of halogens is 6. The van der Waals surface area contributed by atoms with Crippen molar-refractivity contribution in [2.75, 3.05) is 41.3 Å². The second-order valence-corrected chi connectivity index (χ2v) is 19.6. The number of nitrogens with two attached hydrogens (primary N) is 3. The lowest BCUT2D eigenvalue weighted by Crippen LogP contribution is -2.43. The molecular formula is C54H78F6N6O5S4. The molecule has 2 aliphatic rings. The Morgan fingerprint density at radius 2 is 0.907 bits per heavy atom. The van der Waals surface area contributed by atoms with Gasteiger partial charge >= 0.3 is 18.3 Å². The summed E-state index contributed by atoms with van der Waals surface area (Å²) in [6, 6.07) is 24.1. The van der Waals surface area contributed by atoms with Gasteiger partial charge in [0, 0.05) is 54.6 Å². The van der Waals surface area contributed by atoms with Gasteiger partial charge in [-0.2, -0.15) is 80.3 Å². The van der Waals surface area contributed by atoms with E-state index in [1.807, 2.05) is 72.9 Å². The molecule has 11 nitrogen and oxygen atoms in total. The largest absolute Gasteiger partial charge is 0.481 e. The predicted octanol–water partition coefficient (Wildman–Crippen LogP) is 9.38. The average molecular weight is 1130 g/mol. The van der Waals surface area contributed by atoms with Gasteiger partial charge in [-0.15, -0.1) is 0 Å². The molecule has 2 saturated carbocycles. The van der Waals surface area contributed by atoms with Crippen molar-refractivity contribution < 1.29 is 50.6 Å². The minimum absolute atomic E-state index is 0. The topological polar surface area (TPSA) is 185 Å². The van der Waals surface area contributed by atoms with Gasteiger partial charge in [-0.25, -0.2) is 0 Å². The molecule has 8 N–H and O–H groups in total. The first-order valence-electron chi connectivity index (χ1n) is 23.6. The zero-order valence-corrected chi connectivity index (χ0v) is 47.9. The third kappa shape index (κ3) is 18.7. The van der Waals surface area contributed by atoms with E-state index >= 15 is 0 Å². The minimum Gasteiger partial charge on any atom is -0.481 e. The molecule has 2 fully saturated rings. The van der Waals surface area contributed by atoms with Gasteiger partial charge in [0.05, 0.1) is 17.3 Å². The van der Waals surface area contributed by atoms with Crippen LogP contribution in [0.15, 0.2) is 84.9 Å². The van der Waals surface area contributed by atoms with Crippen LogP contribution in [0.4, 0.5) is 26.3 Å². The number of aliphatic carboxylic acids is 1. The molecule has 6 rings (SSSR count). The number of likely N-dealkylation sites (N-methyl/N-ethyl adjacent to an activating group) is 2. The lowest BCUT2D eigenvalue weighted by Gasteiger charge is -2.30. The second kappa shape index (κ2) is 30.0. The van der Waals surface area contributed by atoms with Crippen LogP contribution in [0.3, 0.4) is 0 Å². The number of benzene rings is 4. The number of carboxylic acid groups (broad SMARTS) is 1. The molecule has 21 heteroatoms. The first-order chi connectivity index (χ1) is 33.1. The van der Waals surface area contributed by atoms with Crippen molar-refractivity contribution in [2.24, 2.45) is 28.0 Å². The van der Waals surface area contributed by atoms with Crippen molar-refractivity contribution in [3.63, 3.8) is 0 Å². The molecule has 4 atom stereocenters. The van der Waals surface area contributed by atoms with Crippen molar-refractivity contribution >= 4 is 77.7 Å². The van der Waals surface area contributed by atoms with E-state index in [9.17, 15) is 45.5 Å². The number of alkyl halides is 6. The molecule has 75 heavy (non-hydrogen) atoms. The molecule has 0 aliphatic heterocycles. The number of rotatable bonds is 19. The highest BCUT2D eigenvalue weighted by molar-refractivity contribution is 7.59. The smallest absolute Gasteiger partial charge is 0.395 e. The summed E-state index contributed by atoms with van der Waals surface area (Å²) in [5, 5.41) is 11.7. The molecule has 0 bridgehead atoms. The fourth-order valence-electron chi connectivity index (χ4n) is 9.53. The molecule has 0 saturated heterocycles. The van der Waals surface area contributed by atoms with E-state index in [0.29, 0.717) is 47.8 Å². The highest BCUT2D eigenvalue weighted by atomic mass is 32.1. The Labute approximate surface area is 466 Å². The van der Waals surface area contributed by atoms with Crippen molar-refractivity contribution in [3.8, 4) is 0 Å². The van der Waals surface area contributed by atoms with Gasteiger partial charge in [-0.05, 0) is 163 Å². The average Bonchev–Trinajstić information content (AvgIpc) is 4.23. The number of nitrogens with zero attached hydrogens (tertiary/aromatic N) is 2. The Balaban J connectivity index is 0.00000116. The van der Waals surface area contributed by atoms with Crippen LogP contribution >= 0.6 is 54.0 Å². The molecule has 3 amide bonds. The summed E-state index contributed by atoms with van der Waals surface area (Å²) in [6.07, 6.45) is -7.77. The van der Waals surface area contributed by atoms with Gasteiger partial charge in [0.25, 0.3) is 0 Å². The van der Waals surface area contributed by atoms with E-state index in [-0.39, 0.29) is 98.0 Å². The Morgan fingerprint density at radius 1 is 0.587 bits per heavy atom. The number of hydrogen-bond donors (Lipinski definition) is 5. The van der Waals surface area contributed by atoms with Crippen molar-refractivity contribution in [1.29, 1.82) is 0 Å². The first kappa shape index (κ1) is 70.6. The highest BCUT2D eigenvalue weighted by Gasteiger charge is 2.68. The van der Waals surface area contributed by atoms with Gasteiger partial charge in [0.1, 0.15) is 0 Å². The van der Waals surface area contributed by atoms with E-state index in [4.69, 9.17) is 22.3 Å². The van der Waals surface area contributed by atoms with E-state index in [0.717, 1.165) is 34.2 Å². The monoisotopic (exact) mass is 1130 g/mol. The summed E-state index contributed by atoms with van der Waals surface area (Å²) in [7, 11) is 7.85. The summed E-state index contributed by atoms with van der Waals surface area (Å²) in [6.45, 7) is 8.76. The van der Waals surface area contributed by atoms with Crippen molar-refractivity contribution in [1.82, 2.24) is 15.1 Å². The van der Waals surface area contributed by atoms with Crippen molar-refractivity contribution in [3.05, 3.63) is 141 Å². The van der Waals surface area contributed by atoms with Gasteiger partial charge in [-0.1, -0.05) is 60.7 Å². The Kier molecular flexibility index (Phi) is 28.2. The SMILES string of the molecule is Cc1cc(C(N)=O)cc(C)c1C[C@@H](CN)N(C)C.Cc1cc(C(N)=O)cc(C)c1C[C@@H](CNC(=O)C[C@@H](c1ccccc1)C1(C(F)(F)F)CC1)N(C)C.O=C(O)C[C@@H](c1ccccc1)C1(C(F)(F)F)CC1.S.S.S.S. The first-order valence-corrected chi connectivity index (χ1v) is 23.6. The fraction of sp³-hybridized carbons (Fsp3) is 0.481. The maximum atomic E-state index is 13.9. The Bertz CT molecular complexity index is 2430. The fourth-order valence-corrected chi connectivity index (χ4v) is 9.53. The van der Waals surface area contributed by atoms with E-state index in [1.165, 1.54) is 5.56 Å². The molecule has 420 valence electrons. The van der Waals surface area contributed by atoms with Crippen LogP contribution in [-0.4, -0.2) is 104 Å². The Morgan fingerprint density at radius 3 is 1.17 bits per heavy atom. The van der Waals surface area contributed by atoms with Crippen LogP contribution in [0.25, 0.3) is 0 Å². The third-order valence-corrected chi connectivity index (χ3v) is 14.3. The predicted molar refractivity (Wildman–Crippen MR) is 305 cm³/mol. The molecule has 0 spiro atoms. The molecular weight excluding hydrogens is 1050 g/mol. The summed E-state index contributed by atoms with van der Waals surface area (Å²) < 4.78 is 81.1. The maximum absolute atomic E-state index is 13.9. The number of hydrogen-bond acceptors (Lipinski definition) is 7. The third-order valence-electron chi connectivity index (χ3n) is 14.3. The summed E-state index contributed by atoms with van der Waals surface area (Å²) in [5.41, 5.74) is 21.2. The van der Waals surface area contributed by atoms with Crippen LogP contribution in [0.2, 0.25) is 0 Å². The normalized spacial score (nSPS) is 15.4. The quantitative estimate of drug-likeness (QED) is 0.0575. The zero-order chi connectivity index (χ0) is 53.2. The molecule has 4 aromatic rings. The van der Waals surface area contributed by atoms with E-state index < -0.39 is 59.2 Å². The molecule has 2 aliphatic carbocycles. The summed E-state index contributed by atoms with van der Waals surface area (Å²) in [4.78, 5) is 50.6. The number of carbonyl (C=O) groups is 4. The number of amides is 3. The molecule has 0 aromatic heterocycles. The van der Waals surface area contributed by atoms with Crippen molar-refractivity contribution in [2.45, 2.75) is 115 Å². The Hall–Kier alpha value is -4.38. The van der Waals surface area contributed by atoms with Crippen LogP contribution < -0.4 is 22.5 Å². The highest BCUT2D eigenvalue weighted by Crippen LogP contribution is 2.67. The van der Waals surface area contributed by atoms with Gasteiger partial charge in [0.15, 0.2) is 0 Å². The van der Waals surface area contributed by atoms with Crippen LogP contribution in [0.1, 0.15) is 116 Å². The standard InChI is InChI=1S/C27H34F3N3O2.C14H23N3O.C13H13F3O2.4H2S/c1-17-12-20(25(31)35)13-18(2)22(17)14-21(33(3)4)16-32-24(34)15-23(19-8-6-5-7-9-19)26(10-11-26)27(28,29)30;1-9-5-11(14(16)18)6-10(2)13(9)7-12(8-15)17(3)4;14-13(15,16)12(6-7-12)10(8-11(17)18)9-4-2-1-3-5-9;;;;/h5-9,12-13,21,23H,10-11,14-16H2,1-4H3,(H2,31,35)(H,32,34);5-6,12H,7-8,15H2,1-4H3,(H2,16,18);1-5,10H,6-8H2,(H,17,18);4*1H2/t21-,23-;12-;10-;;;;/m000..../s1. The molecule has 0 heterocycles. The lowest BCUT2D eigenvalue weighted by molar-refractivity contribution is -0.196.